The predicted octanol–water partition coefficient (Wildman–Crippen LogP) is 1.23. The van der Waals surface area contributed by atoms with Crippen LogP contribution in [-0.2, 0) is 11.3 Å². The molecule has 3 aliphatic rings. The van der Waals surface area contributed by atoms with E-state index < -0.39 is 0 Å². The number of nitrogens with one attached hydrogen (secondary N) is 1. The fourth-order valence-corrected chi connectivity index (χ4v) is 4.07. The van der Waals surface area contributed by atoms with Gasteiger partial charge >= 0.3 is 0 Å². The van der Waals surface area contributed by atoms with Gasteiger partial charge in [-0.05, 0) is 52.0 Å². The average molecular weight is 289 g/mol. The molecule has 1 atom stereocenters. The maximum Gasteiger partial charge on any atom is 0.243 e. The molecule has 0 aromatic carbocycles. The highest BCUT2D eigenvalue weighted by Crippen LogP contribution is 2.42. The van der Waals surface area contributed by atoms with Crippen LogP contribution in [0.3, 0.4) is 0 Å². The molecule has 1 spiro atoms. The Balaban J connectivity index is 1.57. The number of hydrogen-bond acceptors (Lipinski definition) is 4. The van der Waals surface area contributed by atoms with Crippen LogP contribution in [0.15, 0.2) is 0 Å². The maximum atomic E-state index is 13.1. The van der Waals surface area contributed by atoms with Gasteiger partial charge in [0.15, 0.2) is 5.82 Å². The lowest BCUT2D eigenvalue weighted by atomic mass is 9.85. The molecule has 1 unspecified atom stereocenters. The van der Waals surface area contributed by atoms with Crippen LogP contribution in [0.4, 0.5) is 0 Å². The van der Waals surface area contributed by atoms with E-state index in [1.165, 1.54) is 12.8 Å². The lowest BCUT2D eigenvalue weighted by Gasteiger charge is -2.44. The van der Waals surface area contributed by atoms with Crippen LogP contribution in [0.2, 0.25) is 0 Å². The highest BCUT2D eigenvalue weighted by Gasteiger charge is 2.53. The molecule has 2 saturated heterocycles. The molecule has 0 radical (unpaired) electrons. The minimum Gasteiger partial charge on any atom is -0.338 e. The van der Waals surface area contributed by atoms with Crippen LogP contribution in [-0.4, -0.2) is 55.6 Å². The Hall–Kier alpha value is -1.43. The van der Waals surface area contributed by atoms with Crippen molar-refractivity contribution in [1.29, 1.82) is 0 Å². The number of piperidine rings is 1. The average Bonchev–Trinajstić information content (AvgIpc) is 3.12. The molecule has 1 aliphatic carbocycles. The van der Waals surface area contributed by atoms with Crippen molar-refractivity contribution >= 4 is 5.91 Å². The first-order chi connectivity index (χ1) is 10.2. The lowest BCUT2D eigenvalue weighted by molar-refractivity contribution is -0.148. The summed E-state index contributed by atoms with van der Waals surface area (Å²) in [7, 11) is 0. The maximum absolute atomic E-state index is 13.1. The van der Waals surface area contributed by atoms with Crippen LogP contribution in [0.25, 0.3) is 0 Å². The number of amides is 1. The molecule has 3 fully saturated rings. The van der Waals surface area contributed by atoms with E-state index in [0.717, 1.165) is 50.4 Å². The van der Waals surface area contributed by atoms with Gasteiger partial charge in [0.25, 0.3) is 0 Å². The zero-order valence-corrected chi connectivity index (χ0v) is 12.6. The molecular formula is C15H23N5O. The third-order valence-electron chi connectivity index (χ3n) is 5.24. The van der Waals surface area contributed by atoms with Crippen molar-refractivity contribution in [3.05, 3.63) is 11.6 Å². The summed E-state index contributed by atoms with van der Waals surface area (Å²) in [5.74, 6) is 2.03. The van der Waals surface area contributed by atoms with E-state index >= 15 is 0 Å². The van der Waals surface area contributed by atoms with Gasteiger partial charge < -0.3 is 4.90 Å². The molecular weight excluding hydrogens is 266 g/mol. The highest BCUT2D eigenvalue weighted by atomic mass is 16.2. The quantitative estimate of drug-likeness (QED) is 0.909. The zero-order valence-electron chi connectivity index (χ0n) is 12.6. The molecule has 1 N–H and O–H groups in total. The van der Waals surface area contributed by atoms with Gasteiger partial charge in [0.1, 0.15) is 11.4 Å². The third-order valence-corrected chi connectivity index (χ3v) is 5.24. The summed E-state index contributed by atoms with van der Waals surface area (Å²) < 4.78 is 0. The third kappa shape index (κ3) is 2.16. The summed E-state index contributed by atoms with van der Waals surface area (Å²) in [6, 6.07) is 0.530. The number of hydrogen-bond donors (Lipinski definition) is 1. The SMILES string of the molecule is Cc1nc(CN2CCCC23CCCN(C2CC2)C3=O)n[nH]1. The Labute approximate surface area is 124 Å². The van der Waals surface area contributed by atoms with Crippen LogP contribution in [0, 0.1) is 6.92 Å². The molecule has 4 rings (SSSR count). The molecule has 1 amide bonds. The second-order valence-corrected chi connectivity index (χ2v) is 6.73. The number of carbonyl (C=O) groups excluding carboxylic acids is 1. The Morgan fingerprint density at radius 3 is 2.71 bits per heavy atom. The first kappa shape index (κ1) is 13.2. The van der Waals surface area contributed by atoms with E-state index in [0.29, 0.717) is 18.5 Å². The van der Waals surface area contributed by atoms with Crippen molar-refractivity contribution in [3.63, 3.8) is 0 Å². The van der Waals surface area contributed by atoms with E-state index in [1.54, 1.807) is 0 Å². The number of rotatable bonds is 3. The Bertz CT molecular complexity index is 552. The molecule has 114 valence electrons. The van der Waals surface area contributed by atoms with Crippen LogP contribution < -0.4 is 0 Å². The summed E-state index contributed by atoms with van der Waals surface area (Å²) in [5.41, 5.74) is -0.268. The molecule has 1 aromatic rings. The van der Waals surface area contributed by atoms with E-state index in [9.17, 15) is 4.79 Å². The number of nitrogens with zero attached hydrogens (tertiary/aromatic N) is 4. The van der Waals surface area contributed by atoms with E-state index in [-0.39, 0.29) is 5.54 Å². The van der Waals surface area contributed by atoms with Crippen LogP contribution in [0.1, 0.15) is 50.2 Å². The zero-order chi connectivity index (χ0) is 14.4. The summed E-state index contributed by atoms with van der Waals surface area (Å²) in [6.07, 6.45) is 6.63. The Morgan fingerprint density at radius 2 is 2.05 bits per heavy atom. The van der Waals surface area contributed by atoms with Gasteiger partial charge in [-0.3, -0.25) is 14.8 Å². The van der Waals surface area contributed by atoms with Gasteiger partial charge in [-0.1, -0.05) is 0 Å². The number of aromatic amines is 1. The summed E-state index contributed by atoms with van der Waals surface area (Å²) in [6.45, 7) is 4.54. The lowest BCUT2D eigenvalue weighted by Crippen LogP contribution is -2.60. The topological polar surface area (TPSA) is 65.1 Å². The number of likely N-dealkylation sites (tertiary alicyclic amines) is 2. The second kappa shape index (κ2) is 4.80. The smallest absolute Gasteiger partial charge is 0.243 e. The Morgan fingerprint density at radius 1 is 1.29 bits per heavy atom. The predicted molar refractivity (Wildman–Crippen MR) is 77.5 cm³/mol. The van der Waals surface area contributed by atoms with E-state index in [4.69, 9.17) is 0 Å². The first-order valence-corrected chi connectivity index (χ1v) is 8.13. The second-order valence-electron chi connectivity index (χ2n) is 6.73. The van der Waals surface area contributed by atoms with Gasteiger partial charge in [0, 0.05) is 12.6 Å². The van der Waals surface area contributed by atoms with Crippen molar-refractivity contribution in [2.45, 2.75) is 63.6 Å². The molecule has 3 heterocycles. The fraction of sp³-hybridized carbons (Fsp3) is 0.800. The fourth-order valence-electron chi connectivity index (χ4n) is 4.07. The van der Waals surface area contributed by atoms with Crippen LogP contribution >= 0.6 is 0 Å². The minimum absolute atomic E-state index is 0.268. The van der Waals surface area contributed by atoms with Gasteiger partial charge in [0.05, 0.1) is 6.54 Å². The van der Waals surface area contributed by atoms with Crippen molar-refractivity contribution in [2.75, 3.05) is 13.1 Å². The summed E-state index contributed by atoms with van der Waals surface area (Å²) >= 11 is 0. The van der Waals surface area contributed by atoms with Crippen LogP contribution in [0.5, 0.6) is 0 Å². The molecule has 0 bridgehead atoms. The van der Waals surface area contributed by atoms with Gasteiger partial charge in [-0.25, -0.2) is 4.98 Å². The monoisotopic (exact) mass is 289 g/mol. The number of H-pyrrole nitrogens is 1. The number of aryl methyl sites for hydroxylation is 1. The molecule has 21 heavy (non-hydrogen) atoms. The normalized spacial score (nSPS) is 30.5. The molecule has 6 nitrogen and oxygen atoms in total. The highest BCUT2D eigenvalue weighted by molar-refractivity contribution is 5.88. The summed E-state index contributed by atoms with van der Waals surface area (Å²) in [4.78, 5) is 22.0. The van der Waals surface area contributed by atoms with Crippen molar-refractivity contribution in [2.24, 2.45) is 0 Å². The molecule has 2 aliphatic heterocycles. The summed E-state index contributed by atoms with van der Waals surface area (Å²) in [5, 5.41) is 7.15. The molecule has 1 saturated carbocycles. The first-order valence-electron chi connectivity index (χ1n) is 8.13. The van der Waals surface area contributed by atoms with Gasteiger partial charge in [-0.2, -0.15) is 5.10 Å². The van der Waals surface area contributed by atoms with Crippen molar-refractivity contribution in [1.82, 2.24) is 25.0 Å². The standard InChI is InChI=1S/C15H23N5O/c1-11-16-13(18-17-11)10-19-8-2-6-15(19)7-3-9-20(14(15)21)12-4-5-12/h12H,2-10H2,1H3,(H,16,17,18). The van der Waals surface area contributed by atoms with Gasteiger partial charge in [-0.15, -0.1) is 0 Å². The Kier molecular flexibility index (Phi) is 3.03. The minimum atomic E-state index is -0.268. The number of carbonyl (C=O) groups is 1. The van der Waals surface area contributed by atoms with E-state index in [1.807, 2.05) is 6.92 Å². The molecule has 1 aromatic heterocycles. The van der Waals surface area contributed by atoms with Gasteiger partial charge in [0.2, 0.25) is 5.91 Å². The van der Waals surface area contributed by atoms with Crippen molar-refractivity contribution in [3.8, 4) is 0 Å². The van der Waals surface area contributed by atoms with Crippen molar-refractivity contribution < 1.29 is 4.79 Å². The largest absolute Gasteiger partial charge is 0.338 e. The van der Waals surface area contributed by atoms with E-state index in [2.05, 4.69) is 25.0 Å². The molecule has 6 heteroatoms. The number of aromatic nitrogens is 3.